The molecule has 1 heterocycles. The molecule has 0 radical (unpaired) electrons. The van der Waals surface area contributed by atoms with E-state index < -0.39 is 18.6 Å². The second-order valence-corrected chi connectivity index (χ2v) is 6.94. The zero-order valence-electron chi connectivity index (χ0n) is 14.7. The van der Waals surface area contributed by atoms with Crippen LogP contribution in [0.5, 0.6) is 0 Å². The molecule has 1 aromatic heterocycles. The van der Waals surface area contributed by atoms with Gasteiger partial charge in [0.25, 0.3) is 0 Å². The Bertz CT molecular complexity index is 900. The third kappa shape index (κ3) is 5.56. The van der Waals surface area contributed by atoms with E-state index in [1.807, 2.05) is 30.3 Å². The van der Waals surface area contributed by atoms with E-state index in [-0.39, 0.29) is 12.4 Å². The monoisotopic (exact) mass is 411 g/mol. The second kappa shape index (κ2) is 9.20. The Hall–Kier alpha value is -2.39. The Morgan fingerprint density at radius 2 is 1.68 bits per heavy atom. The topological polar surface area (TPSA) is 39.9 Å². The number of benzene rings is 2. The van der Waals surface area contributed by atoms with Gasteiger partial charge < -0.3 is 4.74 Å². The number of thioether (sulfide) groups is 1. The molecule has 0 spiro atoms. The van der Waals surface area contributed by atoms with E-state index in [4.69, 9.17) is 0 Å². The van der Waals surface area contributed by atoms with Crippen molar-refractivity contribution in [3.05, 3.63) is 66.0 Å². The van der Waals surface area contributed by atoms with Crippen LogP contribution in [0.1, 0.15) is 5.56 Å². The SMILES string of the molecule is Fc1ccccc1-c1nnc(SCCOCC(F)(F)F)n1Cc1ccccc1. The average Bonchev–Trinajstić information content (AvgIpc) is 3.04. The summed E-state index contributed by atoms with van der Waals surface area (Å²) < 4.78 is 57.1. The number of alkyl halides is 3. The molecule has 4 nitrogen and oxygen atoms in total. The summed E-state index contributed by atoms with van der Waals surface area (Å²) in [6, 6.07) is 15.8. The number of rotatable bonds is 8. The molecule has 0 saturated heterocycles. The summed E-state index contributed by atoms with van der Waals surface area (Å²) in [7, 11) is 0. The second-order valence-electron chi connectivity index (χ2n) is 5.87. The molecule has 0 aliphatic heterocycles. The predicted molar refractivity (Wildman–Crippen MR) is 98.6 cm³/mol. The molecular weight excluding hydrogens is 394 g/mol. The van der Waals surface area contributed by atoms with Crippen LogP contribution >= 0.6 is 11.8 Å². The first-order chi connectivity index (χ1) is 13.4. The molecular formula is C19H17F4N3OS. The summed E-state index contributed by atoms with van der Waals surface area (Å²) in [5, 5.41) is 8.70. The fourth-order valence-electron chi connectivity index (χ4n) is 2.53. The molecule has 0 saturated carbocycles. The molecule has 0 amide bonds. The first-order valence-corrected chi connectivity index (χ1v) is 9.42. The van der Waals surface area contributed by atoms with Crippen LogP contribution in [0, 0.1) is 5.82 Å². The number of aromatic nitrogens is 3. The maximum Gasteiger partial charge on any atom is 0.411 e. The maximum atomic E-state index is 14.3. The highest BCUT2D eigenvalue weighted by Gasteiger charge is 2.27. The quantitative estimate of drug-likeness (QED) is 0.303. The van der Waals surface area contributed by atoms with E-state index in [0.717, 1.165) is 5.56 Å². The van der Waals surface area contributed by atoms with Crippen LogP contribution in [0.25, 0.3) is 11.4 Å². The smallest absolute Gasteiger partial charge is 0.371 e. The first-order valence-electron chi connectivity index (χ1n) is 8.43. The van der Waals surface area contributed by atoms with Gasteiger partial charge in [0, 0.05) is 5.75 Å². The van der Waals surface area contributed by atoms with E-state index in [1.165, 1.54) is 17.8 Å². The molecule has 0 N–H and O–H groups in total. The third-order valence-electron chi connectivity index (χ3n) is 3.74. The molecule has 0 aliphatic rings. The molecule has 2 aromatic carbocycles. The summed E-state index contributed by atoms with van der Waals surface area (Å²) in [6.07, 6.45) is -4.35. The van der Waals surface area contributed by atoms with Crippen LogP contribution in [0.4, 0.5) is 17.6 Å². The number of ether oxygens (including phenoxy) is 1. The fraction of sp³-hybridized carbons (Fsp3) is 0.263. The number of hydrogen-bond donors (Lipinski definition) is 0. The molecule has 3 rings (SSSR count). The van der Waals surface area contributed by atoms with Crippen molar-refractivity contribution in [3.8, 4) is 11.4 Å². The normalized spacial score (nSPS) is 11.7. The van der Waals surface area contributed by atoms with Crippen molar-refractivity contribution in [3.63, 3.8) is 0 Å². The summed E-state index contributed by atoms with van der Waals surface area (Å²) in [6.45, 7) is -0.967. The molecule has 0 unspecified atom stereocenters. The highest BCUT2D eigenvalue weighted by molar-refractivity contribution is 7.99. The van der Waals surface area contributed by atoms with Crippen molar-refractivity contribution in [1.82, 2.24) is 14.8 Å². The van der Waals surface area contributed by atoms with Gasteiger partial charge in [-0.3, -0.25) is 4.57 Å². The minimum Gasteiger partial charge on any atom is -0.371 e. The molecule has 28 heavy (non-hydrogen) atoms. The van der Waals surface area contributed by atoms with Crippen molar-refractivity contribution < 1.29 is 22.3 Å². The van der Waals surface area contributed by atoms with Crippen LogP contribution in [0.2, 0.25) is 0 Å². The van der Waals surface area contributed by atoms with Crippen LogP contribution in [-0.2, 0) is 11.3 Å². The first kappa shape index (κ1) is 20.3. The predicted octanol–water partition coefficient (Wildman–Crippen LogP) is 4.80. The molecule has 148 valence electrons. The molecule has 9 heteroatoms. The lowest BCUT2D eigenvalue weighted by Crippen LogP contribution is -2.18. The number of nitrogens with zero attached hydrogens (tertiary/aromatic N) is 3. The van der Waals surface area contributed by atoms with Gasteiger partial charge in [-0.1, -0.05) is 54.2 Å². The Morgan fingerprint density at radius 1 is 0.964 bits per heavy atom. The lowest BCUT2D eigenvalue weighted by molar-refractivity contribution is -0.172. The lowest BCUT2D eigenvalue weighted by atomic mass is 10.2. The highest BCUT2D eigenvalue weighted by atomic mass is 32.2. The van der Waals surface area contributed by atoms with Crippen LogP contribution in [0.3, 0.4) is 0 Å². The summed E-state index contributed by atoms with van der Waals surface area (Å²) in [5.41, 5.74) is 1.28. The van der Waals surface area contributed by atoms with E-state index in [9.17, 15) is 17.6 Å². The molecule has 0 bridgehead atoms. The molecule has 0 fully saturated rings. The van der Waals surface area contributed by atoms with Crippen LogP contribution < -0.4 is 0 Å². The summed E-state index contributed by atoms with van der Waals surface area (Å²) >= 11 is 1.21. The molecule has 3 aromatic rings. The summed E-state index contributed by atoms with van der Waals surface area (Å²) in [4.78, 5) is 0. The Kier molecular flexibility index (Phi) is 6.69. The average molecular weight is 411 g/mol. The molecule has 0 aliphatic carbocycles. The Labute approximate surface area is 163 Å². The molecule has 0 atom stereocenters. The largest absolute Gasteiger partial charge is 0.411 e. The Morgan fingerprint density at radius 3 is 2.39 bits per heavy atom. The number of hydrogen-bond acceptors (Lipinski definition) is 4. The number of halogens is 4. The van der Waals surface area contributed by atoms with Gasteiger partial charge in [-0.25, -0.2) is 4.39 Å². The van der Waals surface area contributed by atoms with Crippen LogP contribution in [-0.4, -0.2) is 39.9 Å². The van der Waals surface area contributed by atoms with Crippen molar-refractivity contribution in [1.29, 1.82) is 0 Å². The minimum atomic E-state index is -4.35. The lowest BCUT2D eigenvalue weighted by Gasteiger charge is -2.11. The van der Waals surface area contributed by atoms with Gasteiger partial charge >= 0.3 is 6.18 Å². The Balaban J connectivity index is 1.79. The van der Waals surface area contributed by atoms with E-state index in [2.05, 4.69) is 14.9 Å². The van der Waals surface area contributed by atoms with Crippen molar-refractivity contribution in [2.24, 2.45) is 0 Å². The third-order valence-corrected chi connectivity index (χ3v) is 4.67. The van der Waals surface area contributed by atoms with Crippen molar-refractivity contribution in [2.45, 2.75) is 17.9 Å². The zero-order valence-corrected chi connectivity index (χ0v) is 15.5. The van der Waals surface area contributed by atoms with Crippen molar-refractivity contribution >= 4 is 11.8 Å². The van der Waals surface area contributed by atoms with E-state index >= 15 is 0 Å². The van der Waals surface area contributed by atoms with Gasteiger partial charge in [0.1, 0.15) is 12.4 Å². The van der Waals surface area contributed by atoms with Gasteiger partial charge in [-0.15, -0.1) is 10.2 Å². The fourth-order valence-corrected chi connectivity index (χ4v) is 3.31. The van der Waals surface area contributed by atoms with E-state index in [0.29, 0.717) is 23.1 Å². The van der Waals surface area contributed by atoms with Crippen LogP contribution in [0.15, 0.2) is 59.8 Å². The van der Waals surface area contributed by atoms with Crippen molar-refractivity contribution in [2.75, 3.05) is 19.0 Å². The maximum absolute atomic E-state index is 14.3. The zero-order chi connectivity index (χ0) is 20.0. The van der Waals surface area contributed by atoms with E-state index in [1.54, 1.807) is 22.8 Å². The van der Waals surface area contributed by atoms with Gasteiger partial charge in [0.05, 0.1) is 18.7 Å². The van der Waals surface area contributed by atoms with Gasteiger partial charge in [0.2, 0.25) is 0 Å². The standard InChI is InChI=1S/C19H17F4N3OS/c20-16-9-5-4-8-15(16)17-24-25-18(28-11-10-27-13-19(21,22)23)26(17)12-14-6-2-1-3-7-14/h1-9H,10-13H2. The van der Waals surface area contributed by atoms with Gasteiger partial charge in [-0.2, -0.15) is 13.2 Å². The minimum absolute atomic E-state index is 0.0859. The summed E-state index contributed by atoms with van der Waals surface area (Å²) in [5.74, 6) is 0.204. The highest BCUT2D eigenvalue weighted by Crippen LogP contribution is 2.27. The van der Waals surface area contributed by atoms with Gasteiger partial charge in [0.15, 0.2) is 11.0 Å². The van der Waals surface area contributed by atoms with Gasteiger partial charge in [-0.05, 0) is 17.7 Å².